The molecular formula is C9H10FNO3. The second kappa shape index (κ2) is 5.31. The van der Waals surface area contributed by atoms with Crippen molar-refractivity contribution in [1.82, 2.24) is 0 Å². The van der Waals surface area contributed by atoms with E-state index < -0.39 is 0 Å². The molecule has 1 aromatic carbocycles. The van der Waals surface area contributed by atoms with Crippen LogP contribution in [0.2, 0.25) is 0 Å². The number of anilines is 1. The summed E-state index contributed by atoms with van der Waals surface area (Å²) in [5.74, 6) is -0.660. The molecule has 0 saturated carbocycles. The maximum atomic E-state index is 12.5. The Balaban J connectivity index is 2.44. The van der Waals surface area contributed by atoms with Crippen molar-refractivity contribution in [1.29, 1.82) is 0 Å². The summed E-state index contributed by atoms with van der Waals surface area (Å²) in [6.07, 6.45) is 0.0495. The lowest BCUT2D eigenvalue weighted by atomic mass is 10.3. The molecule has 0 aliphatic heterocycles. The summed E-state index contributed by atoms with van der Waals surface area (Å²) in [5.41, 5.74) is 0.509. The van der Waals surface area contributed by atoms with Crippen LogP contribution >= 0.6 is 0 Å². The van der Waals surface area contributed by atoms with E-state index in [0.717, 1.165) is 0 Å². The Hall–Kier alpha value is -1.46. The van der Waals surface area contributed by atoms with E-state index in [1.54, 1.807) is 0 Å². The zero-order valence-corrected chi connectivity index (χ0v) is 7.37. The molecule has 0 aliphatic carbocycles. The Morgan fingerprint density at radius 2 is 2.07 bits per heavy atom. The predicted octanol–water partition coefficient (Wildman–Crippen LogP) is 1.64. The average molecular weight is 199 g/mol. The fourth-order valence-electron chi connectivity index (χ4n) is 0.895. The maximum absolute atomic E-state index is 12.5. The number of benzene rings is 1. The Labute approximate surface area is 80.2 Å². The minimum atomic E-state index is -0.360. The lowest BCUT2D eigenvalue weighted by Gasteiger charge is -2.03. The molecule has 0 atom stereocenters. The third-order valence-electron chi connectivity index (χ3n) is 1.55. The average Bonchev–Trinajstić information content (AvgIpc) is 2.18. The second-order valence-electron chi connectivity index (χ2n) is 2.64. The Morgan fingerprint density at radius 3 is 2.64 bits per heavy atom. The molecule has 0 fully saturated rings. The van der Waals surface area contributed by atoms with Crippen LogP contribution in [0.1, 0.15) is 6.42 Å². The van der Waals surface area contributed by atoms with E-state index in [-0.39, 0.29) is 24.8 Å². The zero-order valence-electron chi connectivity index (χ0n) is 7.37. The first-order chi connectivity index (χ1) is 6.72. The normalized spacial score (nSPS) is 9.86. The molecule has 76 valence electrons. The minimum absolute atomic E-state index is 0.0495. The Morgan fingerprint density at radius 1 is 1.43 bits per heavy atom. The number of hydrogen-bond donors (Lipinski definition) is 2. The van der Waals surface area contributed by atoms with Gasteiger partial charge in [0.1, 0.15) is 5.82 Å². The van der Waals surface area contributed by atoms with Gasteiger partial charge < -0.3 is 5.32 Å². The van der Waals surface area contributed by atoms with E-state index in [1.807, 2.05) is 0 Å². The van der Waals surface area contributed by atoms with Gasteiger partial charge >= 0.3 is 0 Å². The highest BCUT2D eigenvalue weighted by Gasteiger charge is 2.01. The molecule has 1 amide bonds. The molecular weight excluding hydrogens is 189 g/mol. The van der Waals surface area contributed by atoms with Crippen LogP contribution in [0.25, 0.3) is 0 Å². The molecule has 0 heterocycles. The van der Waals surface area contributed by atoms with Crippen molar-refractivity contribution in [2.45, 2.75) is 6.42 Å². The first-order valence-electron chi connectivity index (χ1n) is 4.04. The fourth-order valence-corrected chi connectivity index (χ4v) is 0.895. The fraction of sp³-hybridized carbons (Fsp3) is 0.222. The molecule has 1 rings (SSSR count). The highest BCUT2D eigenvalue weighted by molar-refractivity contribution is 5.90. The van der Waals surface area contributed by atoms with Gasteiger partial charge in [-0.15, -0.1) is 0 Å². The van der Waals surface area contributed by atoms with Gasteiger partial charge in [-0.05, 0) is 24.3 Å². The van der Waals surface area contributed by atoms with Gasteiger partial charge in [-0.2, -0.15) is 0 Å². The summed E-state index contributed by atoms with van der Waals surface area (Å²) >= 11 is 0. The number of amides is 1. The van der Waals surface area contributed by atoms with E-state index in [0.29, 0.717) is 5.69 Å². The summed E-state index contributed by atoms with van der Waals surface area (Å²) in [7, 11) is 0. The van der Waals surface area contributed by atoms with Gasteiger partial charge in [0.25, 0.3) is 0 Å². The predicted molar refractivity (Wildman–Crippen MR) is 48.2 cm³/mol. The third-order valence-corrected chi connectivity index (χ3v) is 1.55. The van der Waals surface area contributed by atoms with Crippen molar-refractivity contribution in [3.63, 3.8) is 0 Å². The van der Waals surface area contributed by atoms with E-state index in [9.17, 15) is 9.18 Å². The van der Waals surface area contributed by atoms with Gasteiger partial charge in [0, 0.05) is 5.69 Å². The van der Waals surface area contributed by atoms with Gasteiger partial charge in [0.05, 0.1) is 13.0 Å². The quantitative estimate of drug-likeness (QED) is 0.572. The molecule has 4 nitrogen and oxygen atoms in total. The molecule has 0 saturated heterocycles. The summed E-state index contributed by atoms with van der Waals surface area (Å²) in [5, 5.41) is 10.5. The van der Waals surface area contributed by atoms with Crippen LogP contribution in [0.5, 0.6) is 0 Å². The third kappa shape index (κ3) is 3.51. The van der Waals surface area contributed by atoms with E-state index in [2.05, 4.69) is 10.2 Å². The van der Waals surface area contributed by atoms with Crippen LogP contribution in [-0.2, 0) is 9.68 Å². The molecule has 0 unspecified atom stereocenters. The van der Waals surface area contributed by atoms with Gasteiger partial charge in [-0.3, -0.25) is 10.1 Å². The molecule has 0 aromatic heterocycles. The van der Waals surface area contributed by atoms with Crippen LogP contribution in [-0.4, -0.2) is 17.8 Å². The first kappa shape index (κ1) is 10.6. The highest BCUT2D eigenvalue weighted by atomic mass is 19.1. The molecule has 0 bridgehead atoms. The van der Waals surface area contributed by atoms with E-state index in [1.165, 1.54) is 24.3 Å². The monoisotopic (exact) mass is 199 g/mol. The molecule has 0 aliphatic rings. The number of carbonyl (C=O) groups is 1. The molecule has 2 N–H and O–H groups in total. The minimum Gasteiger partial charge on any atom is -0.326 e. The molecule has 0 spiro atoms. The van der Waals surface area contributed by atoms with Crippen LogP contribution in [0.15, 0.2) is 24.3 Å². The maximum Gasteiger partial charge on any atom is 0.226 e. The lowest BCUT2D eigenvalue weighted by Crippen LogP contribution is -2.13. The van der Waals surface area contributed by atoms with Gasteiger partial charge in [-0.25, -0.2) is 9.28 Å². The number of hydrogen-bond acceptors (Lipinski definition) is 3. The number of halogens is 1. The van der Waals surface area contributed by atoms with Gasteiger partial charge in [0.2, 0.25) is 5.91 Å². The summed E-state index contributed by atoms with van der Waals surface area (Å²) in [4.78, 5) is 14.8. The van der Waals surface area contributed by atoms with E-state index in [4.69, 9.17) is 5.26 Å². The smallest absolute Gasteiger partial charge is 0.226 e. The number of rotatable bonds is 4. The van der Waals surface area contributed by atoms with Crippen molar-refractivity contribution in [3.05, 3.63) is 30.1 Å². The summed E-state index contributed by atoms with van der Waals surface area (Å²) in [6, 6.07) is 5.40. The zero-order chi connectivity index (χ0) is 10.4. The van der Waals surface area contributed by atoms with Crippen molar-refractivity contribution in [2.24, 2.45) is 0 Å². The van der Waals surface area contributed by atoms with Crippen molar-refractivity contribution in [2.75, 3.05) is 11.9 Å². The topological polar surface area (TPSA) is 58.6 Å². The first-order valence-corrected chi connectivity index (χ1v) is 4.04. The Bertz CT molecular complexity index is 299. The van der Waals surface area contributed by atoms with Crippen LogP contribution < -0.4 is 5.32 Å². The van der Waals surface area contributed by atoms with Gasteiger partial charge in [0.15, 0.2) is 0 Å². The van der Waals surface area contributed by atoms with Crippen LogP contribution in [0.4, 0.5) is 10.1 Å². The summed E-state index contributed by atoms with van der Waals surface area (Å²) in [6.45, 7) is -0.0625. The van der Waals surface area contributed by atoms with Crippen LogP contribution in [0.3, 0.4) is 0 Å². The van der Waals surface area contributed by atoms with Gasteiger partial charge in [-0.1, -0.05) is 0 Å². The molecule has 0 radical (unpaired) electrons. The SMILES string of the molecule is O=C(CCOO)Nc1ccc(F)cc1. The molecule has 1 aromatic rings. The van der Waals surface area contributed by atoms with Crippen LogP contribution in [0, 0.1) is 5.82 Å². The van der Waals surface area contributed by atoms with Crippen molar-refractivity contribution in [3.8, 4) is 0 Å². The largest absolute Gasteiger partial charge is 0.326 e. The summed E-state index contributed by atoms with van der Waals surface area (Å²) < 4.78 is 12.5. The number of nitrogens with one attached hydrogen (secondary N) is 1. The Kier molecular flexibility index (Phi) is 4.03. The standard InChI is InChI=1S/C9H10FNO3/c10-7-1-3-8(4-2-7)11-9(12)5-6-14-13/h1-4,13H,5-6H2,(H,11,12). The molecule has 5 heteroatoms. The highest BCUT2D eigenvalue weighted by Crippen LogP contribution is 2.08. The molecule has 14 heavy (non-hydrogen) atoms. The van der Waals surface area contributed by atoms with Crippen molar-refractivity contribution >= 4 is 11.6 Å². The van der Waals surface area contributed by atoms with E-state index >= 15 is 0 Å². The second-order valence-corrected chi connectivity index (χ2v) is 2.64. The van der Waals surface area contributed by atoms with Crippen molar-refractivity contribution < 1.29 is 19.3 Å². The number of carbonyl (C=O) groups excluding carboxylic acids is 1. The lowest BCUT2D eigenvalue weighted by molar-refractivity contribution is -0.241.